The van der Waals surface area contributed by atoms with Gasteiger partial charge in [0.15, 0.2) is 0 Å². The van der Waals surface area contributed by atoms with E-state index in [0.29, 0.717) is 0 Å². The Morgan fingerprint density at radius 2 is 0.944 bits per heavy atom. The highest BCUT2D eigenvalue weighted by Crippen LogP contribution is 2.16. The molecule has 4 bridgehead atoms. The van der Waals surface area contributed by atoms with E-state index in [4.69, 9.17) is 0 Å². The van der Waals surface area contributed by atoms with Crippen molar-refractivity contribution >= 4 is 28.1 Å². The van der Waals surface area contributed by atoms with E-state index < -0.39 is 0 Å². The van der Waals surface area contributed by atoms with Gasteiger partial charge in [0.05, 0.1) is 22.1 Å². The summed E-state index contributed by atoms with van der Waals surface area (Å²) in [6.07, 6.45) is 0. The predicted octanol–water partition coefficient (Wildman–Crippen LogP) is 2.38. The molecule has 0 atom stereocenters. The highest BCUT2D eigenvalue weighted by Gasteiger charge is 2.10. The fraction of sp³-hybridized carbons (Fsp3) is 0. The summed E-state index contributed by atoms with van der Waals surface area (Å²) in [5.74, 6) is 0. The number of benzene rings is 2. The number of carbonyl (C=O) groups excluding carboxylic acids is 1. The molecule has 5 nitrogen and oxygen atoms in total. The van der Waals surface area contributed by atoms with Crippen molar-refractivity contribution < 1.29 is 4.79 Å². The summed E-state index contributed by atoms with van der Waals surface area (Å²) in [6, 6.07) is 15.4. The maximum Gasteiger partial charge on any atom is 0.353 e. The summed E-state index contributed by atoms with van der Waals surface area (Å²) in [5.41, 5.74) is 9.49. The van der Waals surface area contributed by atoms with E-state index in [1.165, 1.54) is 0 Å². The predicted molar refractivity (Wildman–Crippen MR) is 70.4 cm³/mol. The lowest BCUT2D eigenvalue weighted by Gasteiger charge is -2.10. The summed E-state index contributed by atoms with van der Waals surface area (Å²) in [4.78, 5) is 11.9. The molecule has 4 heterocycles. The molecule has 0 aromatic carbocycles. The lowest BCUT2D eigenvalue weighted by Crippen LogP contribution is -2.31. The minimum absolute atomic E-state index is 0.264. The van der Waals surface area contributed by atoms with Gasteiger partial charge in [-0.05, 0) is 48.5 Å². The van der Waals surface area contributed by atoms with Crippen molar-refractivity contribution in [2.75, 3.05) is 10.9 Å². The van der Waals surface area contributed by atoms with Crippen LogP contribution in [0.3, 0.4) is 0 Å². The second kappa shape index (κ2) is 3.16. The molecule has 18 heavy (non-hydrogen) atoms. The molecule has 0 aliphatic carbocycles. The van der Waals surface area contributed by atoms with Gasteiger partial charge in [-0.3, -0.25) is 9.35 Å². The van der Waals surface area contributed by atoms with Gasteiger partial charge >= 0.3 is 6.03 Å². The maximum atomic E-state index is 11.9. The van der Waals surface area contributed by atoms with Crippen LogP contribution in [0.25, 0.3) is 22.1 Å². The Kier molecular flexibility index (Phi) is 1.64. The highest BCUT2D eigenvalue weighted by atomic mass is 16.2. The third-order valence-corrected chi connectivity index (χ3v) is 3.16. The van der Waals surface area contributed by atoms with E-state index in [1.54, 1.807) is 9.35 Å². The molecule has 0 radical (unpaired) electrons. The summed E-state index contributed by atoms with van der Waals surface area (Å²) < 4.78 is 3.51. The molecular weight excluding hydrogens is 228 g/mol. The van der Waals surface area contributed by atoms with Crippen LogP contribution in [0.5, 0.6) is 0 Å². The monoisotopic (exact) mass is 238 g/mol. The van der Waals surface area contributed by atoms with Crippen LogP contribution in [0.1, 0.15) is 0 Å². The molecule has 4 aromatic heterocycles. The fourth-order valence-electron chi connectivity index (χ4n) is 2.29. The summed E-state index contributed by atoms with van der Waals surface area (Å²) in [6.45, 7) is 0. The molecule has 88 valence electrons. The molecule has 0 aliphatic rings. The second-order valence-corrected chi connectivity index (χ2v) is 4.26. The number of aromatic nitrogens is 2. The zero-order chi connectivity index (χ0) is 12.1. The van der Waals surface area contributed by atoms with Crippen LogP contribution in [0, 0.1) is 0 Å². The van der Waals surface area contributed by atoms with Crippen molar-refractivity contribution in [3.05, 3.63) is 48.5 Å². The zero-order valence-corrected chi connectivity index (χ0v) is 9.42. The minimum Gasteiger partial charge on any atom is -0.252 e. The van der Waals surface area contributed by atoms with Crippen molar-refractivity contribution in [3.8, 4) is 0 Å². The molecule has 2 amide bonds. The molecule has 0 unspecified atom stereocenters. The standard InChI is InChI=1S/C13H10N4O/c18-13(14-16-9-1-2-10(16)4-3-9)15-17-11-5-6-12(17)8-7-11/h1-8H,(H2,14,15,18). The van der Waals surface area contributed by atoms with E-state index in [1.807, 2.05) is 48.5 Å². The van der Waals surface area contributed by atoms with Crippen LogP contribution in [-0.2, 0) is 0 Å². The normalized spacial score (nSPS) is 11.6. The Hall–Kier alpha value is -2.69. The van der Waals surface area contributed by atoms with Crippen molar-refractivity contribution in [3.63, 3.8) is 0 Å². The number of fused-ring (bicyclic) bond motifs is 4. The van der Waals surface area contributed by atoms with E-state index in [9.17, 15) is 4.79 Å². The van der Waals surface area contributed by atoms with Gasteiger partial charge in [0, 0.05) is 0 Å². The second-order valence-electron chi connectivity index (χ2n) is 4.26. The van der Waals surface area contributed by atoms with E-state index in [0.717, 1.165) is 22.1 Å². The third-order valence-electron chi connectivity index (χ3n) is 3.16. The van der Waals surface area contributed by atoms with Crippen LogP contribution >= 0.6 is 0 Å². The Morgan fingerprint density at radius 3 is 1.22 bits per heavy atom. The van der Waals surface area contributed by atoms with Crippen molar-refractivity contribution in [2.45, 2.75) is 0 Å². The number of rotatable bonds is 2. The largest absolute Gasteiger partial charge is 0.353 e. The molecule has 0 fully saturated rings. The Bertz CT molecular complexity index is 649. The third kappa shape index (κ3) is 1.18. The van der Waals surface area contributed by atoms with Crippen LogP contribution in [0.4, 0.5) is 4.79 Å². The number of nitrogens with one attached hydrogen (secondary N) is 2. The molecule has 2 N–H and O–H groups in total. The Morgan fingerprint density at radius 1 is 0.667 bits per heavy atom. The van der Waals surface area contributed by atoms with Crippen molar-refractivity contribution in [1.29, 1.82) is 0 Å². The van der Waals surface area contributed by atoms with Gasteiger partial charge < -0.3 is 0 Å². The van der Waals surface area contributed by atoms with Gasteiger partial charge in [0.2, 0.25) is 0 Å². The topological polar surface area (TPSA) is 51.0 Å². The van der Waals surface area contributed by atoms with E-state index in [2.05, 4.69) is 10.9 Å². The van der Waals surface area contributed by atoms with Crippen molar-refractivity contribution in [2.24, 2.45) is 0 Å². The number of urea groups is 1. The molecule has 0 aliphatic heterocycles. The van der Waals surface area contributed by atoms with E-state index in [-0.39, 0.29) is 6.03 Å². The summed E-state index contributed by atoms with van der Waals surface area (Å²) in [7, 11) is 0. The fourth-order valence-corrected chi connectivity index (χ4v) is 2.29. The van der Waals surface area contributed by atoms with Gasteiger partial charge in [-0.2, -0.15) is 0 Å². The number of carbonyl (C=O) groups is 1. The first-order chi connectivity index (χ1) is 8.81. The molecular formula is C13H10N4O. The molecule has 5 heteroatoms. The summed E-state index contributed by atoms with van der Waals surface area (Å²) in [5, 5.41) is 0. The zero-order valence-electron chi connectivity index (χ0n) is 9.42. The number of amides is 2. The first-order valence-electron chi connectivity index (χ1n) is 5.69. The quantitative estimate of drug-likeness (QED) is 0.553. The summed E-state index contributed by atoms with van der Waals surface area (Å²) >= 11 is 0. The van der Waals surface area contributed by atoms with Crippen LogP contribution in [0.2, 0.25) is 0 Å². The average Bonchev–Trinajstić information content (AvgIpc) is 3.14. The highest BCUT2D eigenvalue weighted by molar-refractivity contribution is 5.92. The molecule has 0 spiro atoms. The van der Waals surface area contributed by atoms with Crippen molar-refractivity contribution in [1.82, 2.24) is 9.35 Å². The first kappa shape index (κ1) is 9.35. The Labute approximate surface area is 102 Å². The maximum absolute atomic E-state index is 11.9. The van der Waals surface area contributed by atoms with Gasteiger partial charge in [0.25, 0.3) is 0 Å². The van der Waals surface area contributed by atoms with Crippen LogP contribution < -0.4 is 10.9 Å². The first-order valence-corrected chi connectivity index (χ1v) is 5.69. The van der Waals surface area contributed by atoms with Gasteiger partial charge in [0.1, 0.15) is 0 Å². The Balaban J connectivity index is 1.58. The van der Waals surface area contributed by atoms with Gasteiger partial charge in [-0.15, -0.1) is 0 Å². The average molecular weight is 238 g/mol. The molecule has 0 saturated carbocycles. The molecule has 0 saturated heterocycles. The number of nitrogens with zero attached hydrogens (tertiary/aromatic N) is 2. The SMILES string of the molecule is O=C(Nn1c2ccc1cc2)Nn1c2ccc1cc2. The van der Waals surface area contributed by atoms with Crippen LogP contribution in [0.15, 0.2) is 48.5 Å². The minimum atomic E-state index is -0.264. The van der Waals surface area contributed by atoms with Crippen LogP contribution in [-0.4, -0.2) is 15.4 Å². The molecule has 4 rings (SSSR count). The smallest absolute Gasteiger partial charge is 0.252 e. The number of hydrogen-bond donors (Lipinski definition) is 2. The lowest BCUT2D eigenvalue weighted by atomic mass is 10.4. The molecule has 4 aromatic rings. The lowest BCUT2D eigenvalue weighted by molar-refractivity contribution is 0.258. The number of hydrogen-bond acceptors (Lipinski definition) is 1. The van der Waals surface area contributed by atoms with E-state index >= 15 is 0 Å². The van der Waals surface area contributed by atoms with Gasteiger partial charge in [-0.25, -0.2) is 15.6 Å². The van der Waals surface area contributed by atoms with Gasteiger partial charge in [-0.1, -0.05) is 0 Å².